The second kappa shape index (κ2) is 7.08. The Morgan fingerprint density at radius 2 is 1.53 bits per heavy atom. The summed E-state index contributed by atoms with van der Waals surface area (Å²) in [5.74, 6) is 0. The minimum Gasteiger partial charge on any atom is -0.379 e. The summed E-state index contributed by atoms with van der Waals surface area (Å²) in [6, 6.07) is 22.0. The molecule has 4 aromatic rings. The predicted molar refractivity (Wildman–Crippen MR) is 113 cm³/mol. The summed E-state index contributed by atoms with van der Waals surface area (Å²) in [5.41, 5.74) is -1.86. The molecule has 8 heteroatoms. The van der Waals surface area contributed by atoms with Gasteiger partial charge in [-0.15, -0.1) is 0 Å². The average molecular weight is 422 g/mol. The zero-order valence-electron chi connectivity index (χ0n) is 16.0. The largest absolute Gasteiger partial charge is 0.379 e. The molecule has 0 fully saturated rings. The van der Waals surface area contributed by atoms with Crippen molar-refractivity contribution in [2.45, 2.75) is 17.4 Å². The lowest BCUT2D eigenvalue weighted by Gasteiger charge is -2.25. The highest BCUT2D eigenvalue weighted by Crippen LogP contribution is 2.39. The second-order valence-corrected chi connectivity index (χ2v) is 8.80. The highest BCUT2D eigenvalue weighted by atomic mass is 32.2. The van der Waals surface area contributed by atoms with Crippen LogP contribution in [0.5, 0.6) is 0 Å². The third-order valence-corrected chi connectivity index (χ3v) is 6.81. The SMILES string of the molecule is CC(O)(c1ccccc1[N+](=O)[O-])c1cc2ccccc2n1S(=O)(=O)c1ccccc1. The van der Waals surface area contributed by atoms with Gasteiger partial charge >= 0.3 is 0 Å². The number of nitro benzene ring substituents is 1. The third-order valence-electron chi connectivity index (χ3n) is 5.07. The van der Waals surface area contributed by atoms with Crippen LogP contribution in [0.2, 0.25) is 0 Å². The van der Waals surface area contributed by atoms with E-state index in [0.29, 0.717) is 10.9 Å². The Morgan fingerprint density at radius 1 is 0.933 bits per heavy atom. The van der Waals surface area contributed by atoms with Crippen LogP contribution in [0.3, 0.4) is 0 Å². The molecule has 0 aliphatic carbocycles. The molecule has 0 bridgehead atoms. The first-order chi connectivity index (χ1) is 14.2. The van der Waals surface area contributed by atoms with E-state index in [-0.39, 0.29) is 21.8 Å². The average Bonchev–Trinajstić information content (AvgIpc) is 3.16. The molecule has 1 N–H and O–H groups in total. The highest BCUT2D eigenvalue weighted by Gasteiger charge is 2.38. The third kappa shape index (κ3) is 3.06. The van der Waals surface area contributed by atoms with Gasteiger partial charge < -0.3 is 5.11 Å². The van der Waals surface area contributed by atoms with E-state index in [2.05, 4.69) is 0 Å². The van der Waals surface area contributed by atoms with Crippen LogP contribution < -0.4 is 0 Å². The van der Waals surface area contributed by atoms with E-state index >= 15 is 0 Å². The van der Waals surface area contributed by atoms with Crippen LogP contribution in [0, 0.1) is 10.1 Å². The molecule has 0 aliphatic heterocycles. The molecular weight excluding hydrogens is 404 g/mol. The molecule has 1 aromatic heterocycles. The van der Waals surface area contributed by atoms with Gasteiger partial charge in [0.05, 0.1) is 26.6 Å². The van der Waals surface area contributed by atoms with E-state index in [9.17, 15) is 23.6 Å². The van der Waals surface area contributed by atoms with Crippen molar-refractivity contribution in [1.29, 1.82) is 0 Å². The molecule has 30 heavy (non-hydrogen) atoms. The molecule has 0 saturated heterocycles. The number of benzene rings is 3. The van der Waals surface area contributed by atoms with Gasteiger partial charge in [-0.2, -0.15) is 0 Å². The Bertz CT molecular complexity index is 1360. The zero-order chi connectivity index (χ0) is 21.5. The zero-order valence-corrected chi connectivity index (χ0v) is 16.8. The summed E-state index contributed by atoms with van der Waals surface area (Å²) in [6.45, 7) is 1.36. The van der Waals surface area contributed by atoms with Crippen molar-refractivity contribution >= 4 is 26.6 Å². The summed E-state index contributed by atoms with van der Waals surface area (Å²) in [6.07, 6.45) is 0. The number of hydrogen-bond donors (Lipinski definition) is 1. The molecule has 4 rings (SSSR count). The fraction of sp³-hybridized carbons (Fsp3) is 0.0909. The van der Waals surface area contributed by atoms with E-state index in [0.717, 1.165) is 3.97 Å². The van der Waals surface area contributed by atoms with Gasteiger partial charge in [0.15, 0.2) is 0 Å². The van der Waals surface area contributed by atoms with Crippen LogP contribution in [-0.2, 0) is 15.6 Å². The molecule has 0 amide bonds. The normalized spacial score (nSPS) is 13.8. The number of aliphatic hydroxyl groups is 1. The van der Waals surface area contributed by atoms with Crippen molar-refractivity contribution < 1.29 is 18.4 Å². The van der Waals surface area contributed by atoms with Crippen molar-refractivity contribution in [3.63, 3.8) is 0 Å². The lowest BCUT2D eigenvalue weighted by molar-refractivity contribution is -0.386. The van der Waals surface area contributed by atoms with Crippen molar-refractivity contribution in [2.75, 3.05) is 0 Å². The summed E-state index contributed by atoms with van der Waals surface area (Å²) < 4.78 is 28.2. The topological polar surface area (TPSA) is 102 Å². The number of para-hydroxylation sites is 2. The molecule has 0 radical (unpaired) electrons. The van der Waals surface area contributed by atoms with Gasteiger partial charge in [0, 0.05) is 11.5 Å². The van der Waals surface area contributed by atoms with Crippen LogP contribution in [-0.4, -0.2) is 22.4 Å². The molecule has 0 spiro atoms. The van der Waals surface area contributed by atoms with Crippen LogP contribution in [0.4, 0.5) is 5.69 Å². The van der Waals surface area contributed by atoms with Gasteiger partial charge in [-0.1, -0.05) is 48.5 Å². The van der Waals surface area contributed by atoms with E-state index in [1.807, 2.05) is 0 Å². The molecule has 3 aromatic carbocycles. The lowest BCUT2D eigenvalue weighted by atomic mass is 9.91. The minimum absolute atomic E-state index is 0.00215. The number of nitrogens with zero attached hydrogens (tertiary/aromatic N) is 2. The van der Waals surface area contributed by atoms with E-state index < -0.39 is 20.5 Å². The summed E-state index contributed by atoms with van der Waals surface area (Å²) >= 11 is 0. The van der Waals surface area contributed by atoms with Crippen molar-refractivity contribution in [2.24, 2.45) is 0 Å². The standard InChI is InChI=1S/C22H18N2O5S/c1-22(25,18-12-6-8-14-20(18)24(26)27)21-15-16-9-5-7-13-19(16)23(21)30(28,29)17-10-3-2-4-11-17/h2-15,25H,1H3. The first-order valence-corrected chi connectivity index (χ1v) is 10.6. The maximum absolute atomic E-state index is 13.5. The predicted octanol–water partition coefficient (Wildman–Crippen LogP) is 4.04. The fourth-order valence-electron chi connectivity index (χ4n) is 3.61. The Morgan fingerprint density at radius 3 is 2.23 bits per heavy atom. The summed E-state index contributed by atoms with van der Waals surface area (Å²) in [4.78, 5) is 11.0. The Kier molecular flexibility index (Phi) is 4.68. The van der Waals surface area contributed by atoms with Crippen LogP contribution in [0.15, 0.2) is 89.8 Å². The Labute approximate surface area is 173 Å². The van der Waals surface area contributed by atoms with Crippen LogP contribution in [0.1, 0.15) is 18.2 Å². The van der Waals surface area contributed by atoms with E-state index in [4.69, 9.17) is 0 Å². The number of nitro groups is 1. The van der Waals surface area contributed by atoms with Gasteiger partial charge in [-0.25, -0.2) is 12.4 Å². The summed E-state index contributed by atoms with van der Waals surface area (Å²) in [5, 5.41) is 23.6. The maximum Gasteiger partial charge on any atom is 0.275 e. The first-order valence-electron chi connectivity index (χ1n) is 9.12. The van der Waals surface area contributed by atoms with Crippen molar-refractivity contribution in [3.8, 4) is 0 Å². The number of rotatable bonds is 5. The quantitative estimate of drug-likeness (QED) is 0.386. The molecule has 1 atom stereocenters. The van der Waals surface area contributed by atoms with Gasteiger partial charge in [-0.3, -0.25) is 10.1 Å². The molecule has 1 unspecified atom stereocenters. The maximum atomic E-state index is 13.5. The highest BCUT2D eigenvalue weighted by molar-refractivity contribution is 7.90. The Hall–Kier alpha value is -3.49. The molecule has 152 valence electrons. The van der Waals surface area contributed by atoms with Crippen LogP contribution >= 0.6 is 0 Å². The molecule has 0 saturated carbocycles. The number of hydrogen-bond acceptors (Lipinski definition) is 5. The molecule has 1 heterocycles. The summed E-state index contributed by atoms with van der Waals surface area (Å²) in [7, 11) is -4.09. The molecule has 0 aliphatic rings. The number of fused-ring (bicyclic) bond motifs is 1. The van der Waals surface area contributed by atoms with Gasteiger partial charge in [0.1, 0.15) is 5.60 Å². The van der Waals surface area contributed by atoms with Crippen molar-refractivity contribution in [1.82, 2.24) is 3.97 Å². The van der Waals surface area contributed by atoms with Gasteiger partial charge in [-0.05, 0) is 37.3 Å². The molecular formula is C22H18N2O5S. The van der Waals surface area contributed by atoms with E-state index in [1.54, 1.807) is 54.6 Å². The molecule has 7 nitrogen and oxygen atoms in total. The van der Waals surface area contributed by atoms with Gasteiger partial charge in [0.2, 0.25) is 0 Å². The first kappa shape index (κ1) is 19.8. The van der Waals surface area contributed by atoms with Crippen molar-refractivity contribution in [3.05, 3.63) is 106 Å². The smallest absolute Gasteiger partial charge is 0.275 e. The number of aromatic nitrogens is 1. The Balaban J connectivity index is 2.07. The second-order valence-electron chi connectivity index (χ2n) is 7.02. The van der Waals surface area contributed by atoms with Gasteiger partial charge in [0.25, 0.3) is 15.7 Å². The monoisotopic (exact) mass is 422 g/mol. The van der Waals surface area contributed by atoms with E-state index in [1.165, 1.54) is 37.3 Å². The lowest BCUT2D eigenvalue weighted by Crippen LogP contribution is -2.30. The fourth-order valence-corrected chi connectivity index (χ4v) is 5.23. The van der Waals surface area contributed by atoms with Crippen LogP contribution in [0.25, 0.3) is 10.9 Å². The minimum atomic E-state index is -4.09.